The molecule has 7 nitrogen and oxygen atoms in total. The third-order valence-corrected chi connectivity index (χ3v) is 6.88. The molecule has 2 saturated heterocycles. The first-order valence-corrected chi connectivity index (χ1v) is 10.8. The normalized spacial score (nSPS) is 32.6. The van der Waals surface area contributed by atoms with E-state index in [1.165, 1.54) is 24.5 Å². The summed E-state index contributed by atoms with van der Waals surface area (Å²) in [5.74, 6) is 0.627. The molecule has 4 atom stereocenters. The van der Waals surface area contributed by atoms with Crippen molar-refractivity contribution in [1.29, 1.82) is 0 Å². The predicted octanol–water partition coefficient (Wildman–Crippen LogP) is 2.12. The average Bonchev–Trinajstić information content (AvgIpc) is 3.11. The van der Waals surface area contributed by atoms with Gasteiger partial charge in [-0.15, -0.1) is 0 Å². The van der Waals surface area contributed by atoms with Gasteiger partial charge in [-0.2, -0.15) is 0 Å². The van der Waals surface area contributed by atoms with E-state index in [4.69, 9.17) is 4.74 Å². The van der Waals surface area contributed by atoms with Crippen LogP contribution in [-0.4, -0.2) is 65.1 Å². The molecule has 30 heavy (non-hydrogen) atoms. The Labute approximate surface area is 176 Å². The van der Waals surface area contributed by atoms with Crippen LogP contribution in [0.1, 0.15) is 25.3 Å². The van der Waals surface area contributed by atoms with E-state index >= 15 is 0 Å². The Morgan fingerprint density at radius 2 is 2.30 bits per heavy atom. The van der Waals surface area contributed by atoms with E-state index in [1.807, 2.05) is 18.5 Å². The third-order valence-electron chi connectivity index (χ3n) is 6.88. The maximum absolute atomic E-state index is 12.3. The number of hydrogen-bond acceptors (Lipinski definition) is 5. The van der Waals surface area contributed by atoms with Crippen molar-refractivity contribution in [3.8, 4) is 0 Å². The Bertz CT molecular complexity index is 899. The van der Waals surface area contributed by atoms with Gasteiger partial charge in [-0.3, -0.25) is 19.6 Å². The molecule has 4 aliphatic rings. The van der Waals surface area contributed by atoms with Crippen LogP contribution in [0.3, 0.4) is 0 Å². The summed E-state index contributed by atoms with van der Waals surface area (Å²) in [5.41, 5.74) is 2.99. The van der Waals surface area contributed by atoms with Crippen molar-refractivity contribution in [3.05, 3.63) is 53.9 Å². The van der Waals surface area contributed by atoms with Crippen LogP contribution < -0.4 is 5.32 Å². The maximum Gasteiger partial charge on any atom is 0.410 e. The third kappa shape index (κ3) is 3.62. The van der Waals surface area contributed by atoms with Gasteiger partial charge >= 0.3 is 6.09 Å². The van der Waals surface area contributed by atoms with Gasteiger partial charge in [-0.25, -0.2) is 4.79 Å². The highest BCUT2D eigenvalue weighted by Gasteiger charge is 2.61. The molecule has 3 unspecified atom stereocenters. The number of aromatic nitrogens is 1. The number of pyridine rings is 1. The highest BCUT2D eigenvalue weighted by atomic mass is 16.6. The maximum atomic E-state index is 12.3. The van der Waals surface area contributed by atoms with Crippen molar-refractivity contribution in [2.75, 3.05) is 26.2 Å². The molecule has 0 radical (unpaired) electrons. The van der Waals surface area contributed by atoms with E-state index in [2.05, 4.69) is 39.5 Å². The second kappa shape index (κ2) is 7.54. The SMILES string of the molecule is CC(=O)NC[C@H]1CN(C2C=CC(C34CC3CN(Cc3cccnc3)C4)=CC2)C(=O)O1. The first kappa shape index (κ1) is 19.3. The summed E-state index contributed by atoms with van der Waals surface area (Å²) >= 11 is 0. The van der Waals surface area contributed by atoms with Crippen LogP contribution in [0.2, 0.25) is 0 Å². The van der Waals surface area contributed by atoms with Gasteiger partial charge in [0.05, 0.1) is 19.1 Å². The molecule has 1 saturated carbocycles. The van der Waals surface area contributed by atoms with Crippen LogP contribution in [-0.2, 0) is 16.1 Å². The van der Waals surface area contributed by atoms with E-state index in [0.29, 0.717) is 18.5 Å². The zero-order valence-corrected chi connectivity index (χ0v) is 17.3. The van der Waals surface area contributed by atoms with E-state index in [0.717, 1.165) is 32.0 Å². The lowest BCUT2D eigenvalue weighted by Gasteiger charge is -2.27. The van der Waals surface area contributed by atoms with Crippen LogP contribution in [0.4, 0.5) is 4.79 Å². The molecule has 5 rings (SSSR count). The van der Waals surface area contributed by atoms with E-state index < -0.39 is 0 Å². The number of cyclic esters (lactones) is 1. The molecule has 0 aromatic carbocycles. The van der Waals surface area contributed by atoms with Gasteiger partial charge in [0.2, 0.25) is 5.91 Å². The van der Waals surface area contributed by atoms with Crippen molar-refractivity contribution in [3.63, 3.8) is 0 Å². The second-order valence-electron chi connectivity index (χ2n) is 9.00. The van der Waals surface area contributed by atoms with Crippen LogP contribution in [0.5, 0.6) is 0 Å². The molecule has 7 heteroatoms. The molecular weight excluding hydrogens is 380 g/mol. The lowest BCUT2D eigenvalue weighted by molar-refractivity contribution is -0.119. The van der Waals surface area contributed by atoms with Gasteiger partial charge in [-0.1, -0.05) is 24.3 Å². The zero-order valence-electron chi connectivity index (χ0n) is 17.3. The molecule has 158 valence electrons. The van der Waals surface area contributed by atoms with Gasteiger partial charge in [0.25, 0.3) is 0 Å². The number of ether oxygens (including phenoxy) is 1. The van der Waals surface area contributed by atoms with Crippen LogP contribution in [0.25, 0.3) is 0 Å². The Balaban J connectivity index is 1.17. The molecule has 0 spiro atoms. The summed E-state index contributed by atoms with van der Waals surface area (Å²) in [6, 6.07) is 4.17. The molecule has 3 fully saturated rings. The molecule has 0 bridgehead atoms. The zero-order chi connectivity index (χ0) is 20.7. The van der Waals surface area contributed by atoms with Crippen molar-refractivity contribution in [2.45, 2.75) is 38.5 Å². The largest absolute Gasteiger partial charge is 0.442 e. The highest BCUT2D eigenvalue weighted by molar-refractivity contribution is 5.73. The number of amides is 2. The number of hydrogen-bond donors (Lipinski definition) is 1. The summed E-state index contributed by atoms with van der Waals surface area (Å²) in [7, 11) is 0. The molecule has 2 aliphatic carbocycles. The lowest BCUT2D eigenvalue weighted by Crippen LogP contribution is -2.38. The van der Waals surface area contributed by atoms with Gasteiger partial charge in [0, 0.05) is 44.4 Å². The molecule has 1 aromatic rings. The Hall–Kier alpha value is -2.67. The standard InChI is InChI=1S/C23H28N4O3/c1-16(28)25-11-21-14-27(22(29)30-21)20-6-4-18(5-7-20)23-9-19(23)13-26(15-23)12-17-3-2-8-24-10-17/h2-6,8,10,19-21H,7,9,11-15H2,1H3,(H,25,28)/t19?,20?,21-,23?/m0/s1. The first-order chi connectivity index (χ1) is 14.5. The molecule has 2 aliphatic heterocycles. The van der Waals surface area contributed by atoms with E-state index in [9.17, 15) is 9.59 Å². The van der Waals surface area contributed by atoms with Gasteiger partial charge in [0.1, 0.15) is 6.10 Å². The van der Waals surface area contributed by atoms with Gasteiger partial charge in [-0.05, 0) is 36.0 Å². The Morgan fingerprint density at radius 1 is 1.40 bits per heavy atom. The fourth-order valence-corrected chi connectivity index (χ4v) is 5.29. The molecule has 2 amide bonds. The smallest absolute Gasteiger partial charge is 0.410 e. The van der Waals surface area contributed by atoms with Crippen LogP contribution in [0, 0.1) is 11.3 Å². The number of piperidine rings is 1. The van der Waals surface area contributed by atoms with Gasteiger partial charge < -0.3 is 10.1 Å². The number of likely N-dealkylation sites (tertiary alicyclic amines) is 1. The molecular formula is C23H28N4O3. The summed E-state index contributed by atoms with van der Waals surface area (Å²) in [4.78, 5) is 31.9. The van der Waals surface area contributed by atoms with Crippen molar-refractivity contribution < 1.29 is 14.3 Å². The summed E-state index contributed by atoms with van der Waals surface area (Å²) in [5, 5.41) is 2.73. The second-order valence-corrected chi connectivity index (χ2v) is 9.00. The fraction of sp³-hybridized carbons (Fsp3) is 0.522. The summed E-state index contributed by atoms with van der Waals surface area (Å²) in [6.45, 7) is 5.55. The predicted molar refractivity (Wildman–Crippen MR) is 111 cm³/mol. The Morgan fingerprint density at radius 3 is 3.03 bits per heavy atom. The topological polar surface area (TPSA) is 74.8 Å². The number of carbonyl (C=O) groups excluding carboxylic acids is 2. The minimum Gasteiger partial charge on any atom is -0.442 e. The van der Waals surface area contributed by atoms with E-state index in [1.54, 1.807) is 4.90 Å². The van der Waals surface area contributed by atoms with Crippen molar-refractivity contribution in [2.24, 2.45) is 11.3 Å². The highest BCUT2D eigenvalue weighted by Crippen LogP contribution is 2.63. The van der Waals surface area contributed by atoms with Gasteiger partial charge in [0.15, 0.2) is 0 Å². The van der Waals surface area contributed by atoms with Crippen LogP contribution >= 0.6 is 0 Å². The lowest BCUT2D eigenvalue weighted by atomic mass is 9.88. The summed E-state index contributed by atoms with van der Waals surface area (Å²) in [6.07, 6.45) is 12.0. The minimum absolute atomic E-state index is 0.0325. The average molecular weight is 409 g/mol. The number of nitrogens with zero attached hydrogens (tertiary/aromatic N) is 3. The number of nitrogens with one attached hydrogen (secondary N) is 1. The number of fused-ring (bicyclic) bond motifs is 1. The number of rotatable bonds is 6. The Kier molecular flexibility index (Phi) is 4.85. The number of carbonyl (C=O) groups is 2. The van der Waals surface area contributed by atoms with Crippen LogP contribution in [0.15, 0.2) is 48.3 Å². The molecule has 1 N–H and O–H groups in total. The van der Waals surface area contributed by atoms with Crippen molar-refractivity contribution in [1.82, 2.24) is 20.1 Å². The monoisotopic (exact) mass is 408 g/mol. The molecule has 3 heterocycles. The van der Waals surface area contributed by atoms with E-state index in [-0.39, 0.29) is 24.1 Å². The fourth-order valence-electron chi connectivity index (χ4n) is 5.29. The molecule has 1 aromatic heterocycles. The first-order valence-electron chi connectivity index (χ1n) is 10.8. The minimum atomic E-state index is -0.289. The summed E-state index contributed by atoms with van der Waals surface area (Å²) < 4.78 is 5.41. The number of allylic oxidation sites excluding steroid dienone is 1. The quantitative estimate of drug-likeness (QED) is 0.780. The van der Waals surface area contributed by atoms with Crippen molar-refractivity contribution >= 4 is 12.0 Å².